The lowest BCUT2D eigenvalue weighted by atomic mass is 10.2. The number of aromatic nitrogens is 3. The van der Waals surface area contributed by atoms with Crippen molar-refractivity contribution >= 4 is 0 Å². The molecule has 0 aliphatic rings. The van der Waals surface area contributed by atoms with E-state index < -0.39 is 0 Å². The Morgan fingerprint density at radius 3 is 2.67 bits per heavy atom. The highest BCUT2D eigenvalue weighted by atomic mass is 16.5. The van der Waals surface area contributed by atoms with E-state index in [1.165, 1.54) is 12.0 Å². The summed E-state index contributed by atoms with van der Waals surface area (Å²) in [6.07, 6.45) is 8.89. The van der Waals surface area contributed by atoms with Crippen LogP contribution in [0.25, 0.3) is 11.3 Å². The van der Waals surface area contributed by atoms with Gasteiger partial charge in [0.2, 0.25) is 0 Å². The molecule has 2 aromatic rings. The predicted octanol–water partition coefficient (Wildman–Crippen LogP) is 2.76. The van der Waals surface area contributed by atoms with Crippen molar-refractivity contribution < 1.29 is 4.74 Å². The van der Waals surface area contributed by atoms with Crippen LogP contribution in [0.4, 0.5) is 0 Å². The molecule has 0 N–H and O–H groups in total. The highest BCUT2D eigenvalue weighted by molar-refractivity contribution is 5.58. The molecule has 0 spiro atoms. The number of rotatable bonds is 7. The van der Waals surface area contributed by atoms with Gasteiger partial charge in [-0.05, 0) is 37.5 Å². The molecular formula is C14H19N3O. The van der Waals surface area contributed by atoms with Gasteiger partial charge in [-0.1, -0.05) is 0 Å². The van der Waals surface area contributed by atoms with E-state index in [2.05, 4.69) is 14.8 Å². The van der Waals surface area contributed by atoms with Crippen molar-refractivity contribution in [3.05, 3.63) is 36.8 Å². The fraction of sp³-hybridized carbons (Fsp3) is 0.429. The molecule has 0 bridgehead atoms. The van der Waals surface area contributed by atoms with Gasteiger partial charge in [-0.2, -0.15) is 5.10 Å². The summed E-state index contributed by atoms with van der Waals surface area (Å²) in [5.74, 6) is 0. The molecule has 18 heavy (non-hydrogen) atoms. The molecule has 0 radical (unpaired) electrons. The van der Waals surface area contributed by atoms with Gasteiger partial charge in [0, 0.05) is 44.4 Å². The van der Waals surface area contributed by atoms with Crippen LogP contribution in [-0.4, -0.2) is 28.5 Å². The van der Waals surface area contributed by atoms with Crippen molar-refractivity contribution in [2.45, 2.75) is 25.8 Å². The first kappa shape index (κ1) is 12.8. The van der Waals surface area contributed by atoms with Crippen LogP contribution in [-0.2, 0) is 11.3 Å². The number of methoxy groups -OCH3 is 1. The molecule has 0 aromatic carbocycles. The molecule has 2 heterocycles. The van der Waals surface area contributed by atoms with E-state index in [0.29, 0.717) is 0 Å². The van der Waals surface area contributed by atoms with Gasteiger partial charge in [0.1, 0.15) is 0 Å². The van der Waals surface area contributed by atoms with E-state index in [1.807, 2.05) is 36.8 Å². The lowest BCUT2D eigenvalue weighted by Crippen LogP contribution is -2.02. The molecule has 0 unspecified atom stereocenters. The Hall–Kier alpha value is -1.68. The molecule has 4 nitrogen and oxygen atoms in total. The Bertz CT molecular complexity index is 453. The largest absolute Gasteiger partial charge is 0.385 e. The van der Waals surface area contributed by atoms with Crippen molar-refractivity contribution in [2.75, 3.05) is 13.7 Å². The maximum atomic E-state index is 5.04. The first-order valence-corrected chi connectivity index (χ1v) is 6.33. The SMILES string of the molecule is COCCCCCn1nccc1-c1ccncc1. The number of pyridine rings is 1. The molecule has 0 aliphatic heterocycles. The van der Waals surface area contributed by atoms with Crippen LogP contribution in [0.15, 0.2) is 36.8 Å². The minimum absolute atomic E-state index is 0.844. The molecule has 0 aliphatic carbocycles. The average Bonchev–Trinajstić information content (AvgIpc) is 2.88. The lowest BCUT2D eigenvalue weighted by Gasteiger charge is -2.07. The fourth-order valence-electron chi connectivity index (χ4n) is 1.96. The highest BCUT2D eigenvalue weighted by Crippen LogP contribution is 2.18. The number of nitrogens with zero attached hydrogens (tertiary/aromatic N) is 3. The van der Waals surface area contributed by atoms with E-state index in [1.54, 1.807) is 7.11 Å². The molecular weight excluding hydrogens is 226 g/mol. The Morgan fingerprint density at radius 2 is 1.89 bits per heavy atom. The predicted molar refractivity (Wildman–Crippen MR) is 71.2 cm³/mol. The van der Waals surface area contributed by atoms with Gasteiger partial charge < -0.3 is 4.74 Å². The third-order valence-corrected chi connectivity index (χ3v) is 2.91. The third-order valence-electron chi connectivity index (χ3n) is 2.91. The van der Waals surface area contributed by atoms with Gasteiger partial charge in [0.05, 0.1) is 5.69 Å². The summed E-state index contributed by atoms with van der Waals surface area (Å²) in [5.41, 5.74) is 2.32. The van der Waals surface area contributed by atoms with Crippen LogP contribution in [0.2, 0.25) is 0 Å². The van der Waals surface area contributed by atoms with Crippen molar-refractivity contribution in [3.8, 4) is 11.3 Å². The summed E-state index contributed by atoms with van der Waals surface area (Å²) in [5, 5.41) is 4.38. The maximum Gasteiger partial charge on any atom is 0.0683 e. The van der Waals surface area contributed by atoms with Gasteiger partial charge in [-0.25, -0.2) is 0 Å². The Morgan fingerprint density at radius 1 is 1.06 bits per heavy atom. The number of hydrogen-bond donors (Lipinski definition) is 0. The van der Waals surface area contributed by atoms with Crippen molar-refractivity contribution in [1.82, 2.24) is 14.8 Å². The Kier molecular flexibility index (Phi) is 4.90. The van der Waals surface area contributed by atoms with Crippen molar-refractivity contribution in [3.63, 3.8) is 0 Å². The lowest BCUT2D eigenvalue weighted by molar-refractivity contribution is 0.191. The average molecular weight is 245 g/mol. The summed E-state index contributed by atoms with van der Waals surface area (Å²) in [6.45, 7) is 1.80. The summed E-state index contributed by atoms with van der Waals surface area (Å²) in [7, 11) is 1.75. The van der Waals surface area contributed by atoms with E-state index >= 15 is 0 Å². The maximum absolute atomic E-state index is 5.04. The minimum atomic E-state index is 0.844. The van der Waals surface area contributed by atoms with E-state index in [9.17, 15) is 0 Å². The fourth-order valence-corrected chi connectivity index (χ4v) is 1.96. The molecule has 96 valence electrons. The first-order chi connectivity index (χ1) is 8.92. The van der Waals surface area contributed by atoms with Crippen molar-refractivity contribution in [2.24, 2.45) is 0 Å². The molecule has 4 heteroatoms. The first-order valence-electron chi connectivity index (χ1n) is 6.33. The molecule has 0 saturated heterocycles. The van der Waals surface area contributed by atoms with Gasteiger partial charge in [0.15, 0.2) is 0 Å². The second-order valence-corrected chi connectivity index (χ2v) is 4.23. The zero-order valence-electron chi connectivity index (χ0n) is 10.7. The number of unbranched alkanes of at least 4 members (excludes halogenated alkanes) is 2. The number of aryl methyl sites for hydroxylation is 1. The topological polar surface area (TPSA) is 39.9 Å². The second kappa shape index (κ2) is 6.91. The number of hydrogen-bond acceptors (Lipinski definition) is 3. The highest BCUT2D eigenvalue weighted by Gasteiger charge is 2.04. The summed E-state index contributed by atoms with van der Waals surface area (Å²) >= 11 is 0. The Labute approximate surface area is 108 Å². The smallest absolute Gasteiger partial charge is 0.0683 e. The molecule has 0 fully saturated rings. The standard InChI is InChI=1S/C14H19N3O/c1-18-12-4-2-3-11-17-14(7-10-16-17)13-5-8-15-9-6-13/h5-10H,2-4,11-12H2,1H3. The normalized spacial score (nSPS) is 10.7. The van der Waals surface area contributed by atoms with E-state index in [4.69, 9.17) is 4.74 Å². The van der Waals surface area contributed by atoms with Gasteiger partial charge in [0.25, 0.3) is 0 Å². The third kappa shape index (κ3) is 3.40. The monoisotopic (exact) mass is 245 g/mol. The molecule has 2 aromatic heterocycles. The van der Waals surface area contributed by atoms with Crippen LogP contribution in [0.3, 0.4) is 0 Å². The van der Waals surface area contributed by atoms with E-state index in [-0.39, 0.29) is 0 Å². The van der Waals surface area contributed by atoms with Gasteiger partial charge in [-0.3, -0.25) is 9.67 Å². The summed E-state index contributed by atoms with van der Waals surface area (Å²) in [4.78, 5) is 4.04. The molecule has 0 atom stereocenters. The van der Waals surface area contributed by atoms with Crippen molar-refractivity contribution in [1.29, 1.82) is 0 Å². The quantitative estimate of drug-likeness (QED) is 0.704. The van der Waals surface area contributed by atoms with Gasteiger partial charge >= 0.3 is 0 Å². The van der Waals surface area contributed by atoms with Crippen LogP contribution < -0.4 is 0 Å². The van der Waals surface area contributed by atoms with Crippen LogP contribution in [0, 0.1) is 0 Å². The zero-order valence-corrected chi connectivity index (χ0v) is 10.7. The summed E-state index contributed by atoms with van der Waals surface area (Å²) in [6, 6.07) is 6.07. The molecule has 0 amide bonds. The molecule has 2 rings (SSSR count). The number of ether oxygens (including phenoxy) is 1. The second-order valence-electron chi connectivity index (χ2n) is 4.23. The zero-order chi connectivity index (χ0) is 12.6. The Balaban J connectivity index is 1.92. The minimum Gasteiger partial charge on any atom is -0.385 e. The molecule has 0 saturated carbocycles. The van der Waals surface area contributed by atoms with Crippen LogP contribution in [0.1, 0.15) is 19.3 Å². The van der Waals surface area contributed by atoms with Gasteiger partial charge in [-0.15, -0.1) is 0 Å². The summed E-state index contributed by atoms with van der Waals surface area (Å²) < 4.78 is 7.10. The van der Waals surface area contributed by atoms with Crippen LogP contribution in [0.5, 0.6) is 0 Å². The van der Waals surface area contributed by atoms with Crippen LogP contribution >= 0.6 is 0 Å². The van der Waals surface area contributed by atoms with E-state index in [0.717, 1.165) is 31.7 Å².